The van der Waals surface area contributed by atoms with Crippen LogP contribution in [0.5, 0.6) is 5.19 Å². The predicted molar refractivity (Wildman–Crippen MR) is 108 cm³/mol. The number of rotatable bonds is 5. The Balaban J connectivity index is 1.59. The van der Waals surface area contributed by atoms with Gasteiger partial charge in [0.1, 0.15) is 12.4 Å². The Morgan fingerprint density at radius 3 is 2.79 bits per heavy atom. The summed E-state index contributed by atoms with van der Waals surface area (Å²) in [5.41, 5.74) is 3.19. The minimum Gasteiger partial charge on any atom is -0.465 e. The van der Waals surface area contributed by atoms with Gasteiger partial charge in [-0.2, -0.15) is 9.36 Å². The summed E-state index contributed by atoms with van der Waals surface area (Å²) in [5.74, 6) is -0.501. The fourth-order valence-corrected chi connectivity index (χ4v) is 3.58. The molecule has 0 saturated carbocycles. The third-order valence-corrected chi connectivity index (χ3v) is 5.43. The molecule has 0 bridgehead atoms. The van der Waals surface area contributed by atoms with Gasteiger partial charge in [0.15, 0.2) is 0 Å². The van der Waals surface area contributed by atoms with Crippen molar-refractivity contribution in [1.82, 2.24) is 24.8 Å². The number of benzene rings is 2. The van der Waals surface area contributed by atoms with E-state index in [1.807, 2.05) is 19.1 Å². The van der Waals surface area contributed by atoms with Crippen LogP contribution in [0.15, 0.2) is 46.6 Å². The highest BCUT2D eigenvalue weighted by Gasteiger charge is 2.15. The van der Waals surface area contributed by atoms with Crippen LogP contribution in [-0.2, 0) is 13.7 Å². The lowest BCUT2D eigenvalue weighted by Crippen LogP contribution is -2.23. The van der Waals surface area contributed by atoms with Gasteiger partial charge in [0, 0.05) is 23.6 Å². The quantitative estimate of drug-likeness (QED) is 0.481. The molecule has 0 unspecified atom stereocenters. The zero-order chi connectivity index (χ0) is 20.5. The Kier molecular flexibility index (Phi) is 5.16. The van der Waals surface area contributed by atoms with Crippen molar-refractivity contribution in [2.24, 2.45) is 7.05 Å². The SMILES string of the molecule is Cc1cccc(-n2nnn(C)c2=O)c1COc1nc(-c2ccc(Cl)c(F)c2)cs1. The third kappa shape index (κ3) is 3.79. The molecule has 4 aromatic rings. The first-order valence-corrected chi connectivity index (χ1v) is 9.81. The highest BCUT2D eigenvalue weighted by molar-refractivity contribution is 7.11. The first-order chi connectivity index (χ1) is 13.9. The van der Waals surface area contributed by atoms with Crippen molar-refractivity contribution < 1.29 is 9.13 Å². The predicted octanol–water partition coefficient (Wildman–Crippen LogP) is 3.77. The fourth-order valence-electron chi connectivity index (χ4n) is 2.78. The van der Waals surface area contributed by atoms with Gasteiger partial charge in [0.25, 0.3) is 5.19 Å². The van der Waals surface area contributed by atoms with Crippen molar-refractivity contribution in [2.75, 3.05) is 0 Å². The Hall–Kier alpha value is -3.04. The number of nitrogens with zero attached hydrogens (tertiary/aromatic N) is 5. The van der Waals surface area contributed by atoms with E-state index in [1.165, 1.54) is 35.2 Å². The third-order valence-electron chi connectivity index (χ3n) is 4.37. The van der Waals surface area contributed by atoms with Crippen molar-refractivity contribution in [3.8, 4) is 22.1 Å². The van der Waals surface area contributed by atoms with Gasteiger partial charge in [-0.05, 0) is 41.1 Å². The molecule has 0 radical (unpaired) electrons. The Bertz CT molecular complexity index is 1250. The van der Waals surface area contributed by atoms with E-state index in [4.69, 9.17) is 16.3 Å². The van der Waals surface area contributed by atoms with E-state index in [2.05, 4.69) is 15.4 Å². The smallest absolute Gasteiger partial charge is 0.368 e. The standard InChI is InChI=1S/C19H15ClFN5O2S/c1-11-4-3-5-17(26-19(27)25(2)23-24-26)13(11)9-28-18-22-16(10-29-18)12-6-7-14(20)15(21)8-12/h3-8,10H,9H2,1-2H3. The molecule has 0 saturated heterocycles. The van der Waals surface area contributed by atoms with Crippen LogP contribution >= 0.6 is 22.9 Å². The Morgan fingerprint density at radius 1 is 1.24 bits per heavy atom. The van der Waals surface area contributed by atoms with Crippen LogP contribution < -0.4 is 10.4 Å². The fraction of sp³-hybridized carbons (Fsp3) is 0.158. The summed E-state index contributed by atoms with van der Waals surface area (Å²) < 4.78 is 21.9. The lowest BCUT2D eigenvalue weighted by molar-refractivity contribution is 0.303. The summed E-state index contributed by atoms with van der Waals surface area (Å²) in [7, 11) is 1.54. The van der Waals surface area contributed by atoms with E-state index < -0.39 is 5.82 Å². The molecule has 2 aromatic heterocycles. The van der Waals surface area contributed by atoms with Gasteiger partial charge in [-0.25, -0.2) is 14.2 Å². The van der Waals surface area contributed by atoms with Gasteiger partial charge in [0.05, 0.1) is 16.4 Å². The van der Waals surface area contributed by atoms with Gasteiger partial charge < -0.3 is 4.74 Å². The molecule has 29 heavy (non-hydrogen) atoms. The average molecular weight is 432 g/mol. The van der Waals surface area contributed by atoms with Crippen molar-refractivity contribution >= 4 is 22.9 Å². The molecule has 2 aromatic carbocycles. The topological polar surface area (TPSA) is 74.8 Å². The summed E-state index contributed by atoms with van der Waals surface area (Å²) in [6.07, 6.45) is 0. The second-order valence-corrected chi connectivity index (χ2v) is 7.51. The first kappa shape index (κ1) is 19.3. The molecular formula is C19H15ClFN5O2S. The summed E-state index contributed by atoms with van der Waals surface area (Å²) in [6.45, 7) is 2.11. The van der Waals surface area contributed by atoms with Gasteiger partial charge in [-0.3, -0.25) is 0 Å². The number of thiazole rings is 1. The summed E-state index contributed by atoms with van der Waals surface area (Å²) in [4.78, 5) is 16.6. The van der Waals surface area contributed by atoms with Crippen molar-refractivity contribution in [3.63, 3.8) is 0 Å². The van der Waals surface area contributed by atoms with E-state index in [9.17, 15) is 9.18 Å². The maximum atomic E-state index is 13.7. The van der Waals surface area contributed by atoms with Crippen molar-refractivity contribution in [1.29, 1.82) is 0 Å². The number of hydrogen-bond acceptors (Lipinski definition) is 6. The number of halogens is 2. The molecule has 0 fully saturated rings. The van der Waals surface area contributed by atoms with Crippen molar-refractivity contribution in [3.05, 3.63) is 74.2 Å². The molecule has 0 aliphatic heterocycles. The summed E-state index contributed by atoms with van der Waals surface area (Å²) in [6, 6.07) is 10.1. The number of aryl methyl sites for hydroxylation is 2. The molecule has 4 rings (SSSR count). The molecule has 0 atom stereocenters. The number of hydrogen-bond donors (Lipinski definition) is 0. The molecule has 148 valence electrons. The molecule has 0 aliphatic rings. The minimum absolute atomic E-state index is 0.0618. The van der Waals surface area contributed by atoms with Crippen LogP contribution in [0.25, 0.3) is 16.9 Å². The van der Waals surface area contributed by atoms with E-state index in [0.717, 1.165) is 15.8 Å². The van der Waals surface area contributed by atoms with Crippen LogP contribution in [0.4, 0.5) is 4.39 Å². The molecule has 7 nitrogen and oxygen atoms in total. The van der Waals surface area contributed by atoms with Crippen LogP contribution in [0.3, 0.4) is 0 Å². The lowest BCUT2D eigenvalue weighted by atomic mass is 10.1. The molecule has 0 N–H and O–H groups in total. The van der Waals surface area contributed by atoms with Gasteiger partial charge >= 0.3 is 5.69 Å². The van der Waals surface area contributed by atoms with Gasteiger partial charge in [0.2, 0.25) is 0 Å². The van der Waals surface area contributed by atoms with Gasteiger partial charge in [-0.15, -0.1) is 0 Å². The van der Waals surface area contributed by atoms with E-state index in [-0.39, 0.29) is 17.3 Å². The second kappa shape index (κ2) is 7.76. The maximum absolute atomic E-state index is 13.7. The second-order valence-electron chi connectivity index (χ2n) is 6.29. The number of ether oxygens (including phenoxy) is 1. The molecule has 2 heterocycles. The molecule has 0 aliphatic carbocycles. The summed E-state index contributed by atoms with van der Waals surface area (Å²) >= 11 is 7.03. The highest BCUT2D eigenvalue weighted by Crippen LogP contribution is 2.29. The molecule has 10 heteroatoms. The molecule has 0 spiro atoms. The van der Waals surface area contributed by atoms with E-state index in [0.29, 0.717) is 22.1 Å². The lowest BCUT2D eigenvalue weighted by Gasteiger charge is -2.11. The summed E-state index contributed by atoms with van der Waals surface area (Å²) in [5, 5.41) is 9.93. The maximum Gasteiger partial charge on any atom is 0.368 e. The first-order valence-electron chi connectivity index (χ1n) is 8.55. The van der Waals surface area contributed by atoms with Crippen molar-refractivity contribution in [2.45, 2.75) is 13.5 Å². The Labute approximate surface area is 173 Å². The molecular weight excluding hydrogens is 417 g/mol. The van der Waals surface area contributed by atoms with Crippen LogP contribution in [-0.4, -0.2) is 24.8 Å². The zero-order valence-electron chi connectivity index (χ0n) is 15.5. The van der Waals surface area contributed by atoms with Crippen LogP contribution in [0, 0.1) is 12.7 Å². The average Bonchev–Trinajstić information content (AvgIpc) is 3.30. The van der Waals surface area contributed by atoms with E-state index in [1.54, 1.807) is 17.5 Å². The van der Waals surface area contributed by atoms with Crippen LogP contribution in [0.1, 0.15) is 11.1 Å². The van der Waals surface area contributed by atoms with Gasteiger partial charge in [-0.1, -0.05) is 41.1 Å². The number of aromatic nitrogens is 5. The van der Waals surface area contributed by atoms with Crippen LogP contribution in [0.2, 0.25) is 5.02 Å². The largest absolute Gasteiger partial charge is 0.465 e. The zero-order valence-corrected chi connectivity index (χ0v) is 17.0. The normalized spacial score (nSPS) is 11.0. The highest BCUT2D eigenvalue weighted by atomic mass is 35.5. The minimum atomic E-state index is -0.501. The molecule has 0 amide bonds. The van der Waals surface area contributed by atoms with E-state index >= 15 is 0 Å². The Morgan fingerprint density at radius 2 is 2.07 bits per heavy atom. The number of tetrazole rings is 1. The monoisotopic (exact) mass is 431 g/mol.